The molecular formula is C20H14ClN5O4S. The van der Waals surface area contributed by atoms with Crippen LogP contribution in [0, 0.1) is 0 Å². The molecule has 9 nitrogen and oxygen atoms in total. The first-order chi connectivity index (χ1) is 14.8. The Bertz CT molecular complexity index is 1690. The molecule has 0 radical (unpaired) electrons. The maximum Gasteiger partial charge on any atom is 0.270 e. The van der Waals surface area contributed by atoms with Crippen molar-refractivity contribution >= 4 is 49.3 Å². The number of hydrogen-bond donors (Lipinski definition) is 0. The summed E-state index contributed by atoms with van der Waals surface area (Å²) in [6, 6.07) is 12.1. The van der Waals surface area contributed by atoms with Crippen LogP contribution in [0.3, 0.4) is 0 Å². The maximum atomic E-state index is 13.5. The molecule has 0 atom stereocenters. The van der Waals surface area contributed by atoms with Crippen LogP contribution >= 0.6 is 11.6 Å². The van der Waals surface area contributed by atoms with Gasteiger partial charge >= 0.3 is 0 Å². The zero-order valence-electron chi connectivity index (χ0n) is 16.3. The van der Waals surface area contributed by atoms with Crippen molar-refractivity contribution in [3.63, 3.8) is 0 Å². The summed E-state index contributed by atoms with van der Waals surface area (Å²) in [4.78, 5) is 26.3. The Balaban J connectivity index is 2.07. The minimum atomic E-state index is -3.69. The van der Waals surface area contributed by atoms with Crippen LogP contribution in [-0.4, -0.2) is 45.7 Å². The average molecular weight is 456 g/mol. The lowest BCUT2D eigenvalue weighted by atomic mass is 10.2. The van der Waals surface area contributed by atoms with Gasteiger partial charge in [0.05, 0.1) is 23.8 Å². The summed E-state index contributed by atoms with van der Waals surface area (Å²) in [6.45, 7) is 0. The molecule has 3 aromatic heterocycles. The smallest absolute Gasteiger partial charge is 0.270 e. The lowest BCUT2D eigenvalue weighted by Crippen LogP contribution is -2.23. The van der Waals surface area contributed by atoms with E-state index in [1.54, 1.807) is 34.7 Å². The molecular weight excluding hydrogens is 442 g/mol. The van der Waals surface area contributed by atoms with Gasteiger partial charge < -0.3 is 4.74 Å². The lowest BCUT2D eigenvalue weighted by Gasteiger charge is -2.14. The van der Waals surface area contributed by atoms with Gasteiger partial charge in [-0.1, -0.05) is 23.7 Å². The van der Waals surface area contributed by atoms with Crippen molar-refractivity contribution in [2.45, 2.75) is 5.16 Å². The number of aromatic nitrogens is 5. The number of para-hydroxylation sites is 2. The van der Waals surface area contributed by atoms with Gasteiger partial charge in [-0.2, -0.15) is 4.98 Å². The molecule has 0 spiro atoms. The van der Waals surface area contributed by atoms with Gasteiger partial charge in [0.15, 0.2) is 5.65 Å². The van der Waals surface area contributed by atoms with E-state index in [2.05, 4.69) is 15.0 Å². The van der Waals surface area contributed by atoms with Crippen molar-refractivity contribution in [3.8, 4) is 11.4 Å². The van der Waals surface area contributed by atoms with E-state index in [-0.39, 0.29) is 22.0 Å². The molecule has 3 heterocycles. The van der Waals surface area contributed by atoms with Crippen molar-refractivity contribution in [3.05, 3.63) is 64.0 Å². The van der Waals surface area contributed by atoms with Gasteiger partial charge in [0, 0.05) is 17.5 Å². The predicted molar refractivity (Wildman–Crippen MR) is 116 cm³/mol. The number of halogens is 1. The minimum absolute atomic E-state index is 0.116. The van der Waals surface area contributed by atoms with E-state index < -0.39 is 15.4 Å². The number of benzene rings is 2. The molecule has 0 aliphatic rings. The third kappa shape index (κ3) is 2.94. The second-order valence-corrected chi connectivity index (χ2v) is 9.20. The number of ether oxygens (including phenoxy) is 1. The first-order valence-corrected chi connectivity index (χ1v) is 11.3. The molecule has 5 rings (SSSR count). The van der Waals surface area contributed by atoms with E-state index in [1.165, 1.54) is 17.9 Å². The van der Waals surface area contributed by atoms with E-state index in [9.17, 15) is 13.2 Å². The topological polar surface area (TPSA) is 108 Å². The number of methoxy groups -OCH3 is 1. The van der Waals surface area contributed by atoms with Crippen molar-refractivity contribution < 1.29 is 13.2 Å². The summed E-state index contributed by atoms with van der Waals surface area (Å²) in [5.41, 5.74) is 1.29. The third-order valence-electron chi connectivity index (χ3n) is 4.85. The molecule has 0 amide bonds. The monoisotopic (exact) mass is 455 g/mol. The van der Waals surface area contributed by atoms with Crippen LogP contribution < -0.4 is 10.3 Å². The summed E-state index contributed by atoms with van der Waals surface area (Å²) in [7, 11) is -2.21. The Labute approximate surface area is 180 Å². The number of sulfone groups is 1. The normalized spacial score (nSPS) is 12.1. The van der Waals surface area contributed by atoms with Crippen molar-refractivity contribution in [1.82, 2.24) is 23.9 Å². The Kier molecular flexibility index (Phi) is 4.24. The number of imidazole rings is 1. The summed E-state index contributed by atoms with van der Waals surface area (Å²) in [5.74, 6) is 0.644. The number of rotatable bonds is 3. The van der Waals surface area contributed by atoms with Gasteiger partial charge in [-0.3, -0.25) is 9.20 Å². The molecule has 0 saturated carbocycles. The summed E-state index contributed by atoms with van der Waals surface area (Å²) in [6.07, 6.45) is 2.22. The van der Waals surface area contributed by atoms with E-state index in [0.717, 1.165) is 6.26 Å². The fourth-order valence-electron chi connectivity index (χ4n) is 3.50. The molecule has 0 unspecified atom stereocenters. The third-order valence-corrected chi connectivity index (χ3v) is 5.94. The molecule has 0 fully saturated rings. The number of hydrogen-bond acceptors (Lipinski definition) is 7. The van der Waals surface area contributed by atoms with E-state index in [4.69, 9.17) is 16.3 Å². The molecule has 0 N–H and O–H groups in total. The van der Waals surface area contributed by atoms with Gasteiger partial charge in [0.2, 0.25) is 20.8 Å². The van der Waals surface area contributed by atoms with Crippen molar-refractivity contribution in [1.29, 1.82) is 0 Å². The summed E-state index contributed by atoms with van der Waals surface area (Å²) >= 11 is 6.21. The van der Waals surface area contributed by atoms with E-state index >= 15 is 0 Å². The zero-order valence-corrected chi connectivity index (χ0v) is 17.8. The van der Waals surface area contributed by atoms with Crippen molar-refractivity contribution in [2.24, 2.45) is 0 Å². The Morgan fingerprint density at radius 3 is 2.61 bits per heavy atom. The highest BCUT2D eigenvalue weighted by Crippen LogP contribution is 2.29. The van der Waals surface area contributed by atoms with Crippen LogP contribution in [0.5, 0.6) is 5.75 Å². The quantitative estimate of drug-likeness (QED) is 0.385. The van der Waals surface area contributed by atoms with Crippen LogP contribution in [0.4, 0.5) is 0 Å². The second kappa shape index (κ2) is 6.76. The van der Waals surface area contributed by atoms with Crippen LogP contribution in [0.15, 0.2) is 58.6 Å². The zero-order chi connectivity index (χ0) is 21.9. The van der Waals surface area contributed by atoms with Crippen molar-refractivity contribution in [2.75, 3.05) is 13.4 Å². The highest BCUT2D eigenvalue weighted by molar-refractivity contribution is 7.90. The number of nitrogens with zero attached hydrogens (tertiary/aromatic N) is 5. The van der Waals surface area contributed by atoms with Crippen LogP contribution in [-0.2, 0) is 9.84 Å². The first kappa shape index (κ1) is 19.5. The summed E-state index contributed by atoms with van der Waals surface area (Å²) < 4.78 is 32.5. The first-order valence-electron chi connectivity index (χ1n) is 9.02. The van der Waals surface area contributed by atoms with Gasteiger partial charge in [-0.15, -0.1) is 0 Å². The standard InChI is InChI=1S/C20H14ClN5O4S/c1-30-16-8-7-11(21)9-15(16)26-18(27)12-10-22-19(31(2,28)29)24-17(12)25-14-6-4-3-5-13(14)23-20(25)26/h3-10H,1-2H3. The fraction of sp³-hybridized carbons (Fsp3) is 0.100. The van der Waals surface area contributed by atoms with Crippen LogP contribution in [0.2, 0.25) is 5.02 Å². The van der Waals surface area contributed by atoms with Gasteiger partial charge in [0.25, 0.3) is 5.56 Å². The highest BCUT2D eigenvalue weighted by Gasteiger charge is 2.22. The molecule has 31 heavy (non-hydrogen) atoms. The summed E-state index contributed by atoms with van der Waals surface area (Å²) in [5, 5.41) is 0.141. The Morgan fingerprint density at radius 2 is 1.87 bits per heavy atom. The van der Waals surface area contributed by atoms with Gasteiger partial charge in [-0.05, 0) is 30.3 Å². The maximum absolute atomic E-state index is 13.5. The second-order valence-electron chi connectivity index (χ2n) is 6.85. The molecule has 2 aromatic carbocycles. The largest absolute Gasteiger partial charge is 0.495 e. The van der Waals surface area contributed by atoms with Crippen LogP contribution in [0.25, 0.3) is 33.5 Å². The molecule has 0 aliphatic carbocycles. The molecule has 0 bridgehead atoms. The molecule has 11 heteroatoms. The molecule has 0 saturated heterocycles. The fourth-order valence-corrected chi connectivity index (χ4v) is 4.16. The Morgan fingerprint density at radius 1 is 1.10 bits per heavy atom. The van der Waals surface area contributed by atoms with Crippen LogP contribution in [0.1, 0.15) is 0 Å². The predicted octanol–water partition coefficient (Wildman–Crippen LogP) is 2.65. The average Bonchev–Trinajstić information content (AvgIpc) is 3.12. The molecule has 156 valence electrons. The van der Waals surface area contributed by atoms with Gasteiger partial charge in [-0.25, -0.2) is 23.0 Å². The Hall–Kier alpha value is -3.50. The number of fused-ring (bicyclic) bond motifs is 5. The van der Waals surface area contributed by atoms with Gasteiger partial charge in [0.1, 0.15) is 11.1 Å². The SMILES string of the molecule is COc1ccc(Cl)cc1-n1c(=O)c2cnc(S(C)(=O)=O)nc2n2c3ccccc3nc12. The molecule has 5 aromatic rings. The van der Waals surface area contributed by atoms with E-state index in [0.29, 0.717) is 27.5 Å². The lowest BCUT2D eigenvalue weighted by molar-refractivity contribution is 0.413. The minimum Gasteiger partial charge on any atom is -0.495 e. The van der Waals surface area contributed by atoms with E-state index in [1.807, 2.05) is 12.1 Å². The highest BCUT2D eigenvalue weighted by atomic mass is 35.5. The molecule has 0 aliphatic heterocycles.